The third-order valence-corrected chi connectivity index (χ3v) is 3.65. The normalized spacial score (nSPS) is 10.4. The molecule has 0 saturated heterocycles. The number of carbonyl (C=O) groups excluding carboxylic acids is 1. The van der Waals surface area contributed by atoms with Crippen molar-refractivity contribution in [3.8, 4) is 5.75 Å². The number of nitrogens with one attached hydrogen (secondary N) is 1. The number of rotatable bonds is 5. The second kappa shape index (κ2) is 7.43. The second-order valence-corrected chi connectivity index (χ2v) is 5.85. The van der Waals surface area contributed by atoms with Gasteiger partial charge in [-0.15, -0.1) is 0 Å². The van der Waals surface area contributed by atoms with Crippen LogP contribution in [0.4, 0.5) is 5.69 Å². The highest BCUT2D eigenvalue weighted by Crippen LogP contribution is 2.19. The smallest absolute Gasteiger partial charge is 0.291 e. The summed E-state index contributed by atoms with van der Waals surface area (Å²) in [7, 11) is 0. The van der Waals surface area contributed by atoms with E-state index in [1.165, 1.54) is 0 Å². The minimum atomic E-state index is -0.352. The summed E-state index contributed by atoms with van der Waals surface area (Å²) in [4.78, 5) is 12.1. The Bertz CT molecular complexity index is 843. The van der Waals surface area contributed by atoms with E-state index in [9.17, 15) is 4.79 Å². The number of furan rings is 1. The van der Waals surface area contributed by atoms with Gasteiger partial charge in [0.1, 0.15) is 18.1 Å². The lowest BCUT2D eigenvalue weighted by molar-refractivity contribution is 0.0992. The molecule has 0 aliphatic rings. The van der Waals surface area contributed by atoms with Crippen molar-refractivity contribution in [3.05, 3.63) is 82.2 Å². The Balaban J connectivity index is 1.60. The van der Waals surface area contributed by atoms with Crippen LogP contribution in [0.25, 0.3) is 0 Å². The van der Waals surface area contributed by atoms with E-state index in [2.05, 4.69) is 5.32 Å². The molecule has 0 aliphatic heterocycles. The summed E-state index contributed by atoms with van der Waals surface area (Å²) >= 11 is 11.7. The fourth-order valence-corrected chi connectivity index (χ4v) is 2.34. The lowest BCUT2D eigenvalue weighted by atomic mass is 10.3. The molecule has 0 atom stereocenters. The van der Waals surface area contributed by atoms with Crippen LogP contribution in [0.1, 0.15) is 16.3 Å². The Morgan fingerprint density at radius 1 is 1.00 bits per heavy atom. The zero-order chi connectivity index (χ0) is 16.9. The molecule has 3 aromatic rings. The largest absolute Gasteiger partial charge is 0.486 e. The van der Waals surface area contributed by atoms with Crippen molar-refractivity contribution in [2.24, 2.45) is 0 Å². The monoisotopic (exact) mass is 361 g/mol. The number of anilines is 1. The van der Waals surface area contributed by atoms with Crippen molar-refractivity contribution in [1.82, 2.24) is 0 Å². The van der Waals surface area contributed by atoms with Crippen LogP contribution in [0.5, 0.6) is 5.75 Å². The first-order valence-corrected chi connectivity index (χ1v) is 7.90. The minimum Gasteiger partial charge on any atom is -0.486 e. The fraction of sp³-hybridized carbons (Fsp3) is 0.0556. The van der Waals surface area contributed by atoms with E-state index in [1.54, 1.807) is 60.7 Å². The van der Waals surface area contributed by atoms with Gasteiger partial charge >= 0.3 is 0 Å². The summed E-state index contributed by atoms with van der Waals surface area (Å²) in [5, 5.41) is 3.90. The van der Waals surface area contributed by atoms with Crippen molar-refractivity contribution < 1.29 is 13.9 Å². The lowest BCUT2D eigenvalue weighted by Gasteiger charge is -2.04. The van der Waals surface area contributed by atoms with E-state index in [-0.39, 0.29) is 18.3 Å². The van der Waals surface area contributed by atoms with Crippen LogP contribution in [0.2, 0.25) is 10.0 Å². The molecule has 0 unspecified atom stereocenters. The first-order chi connectivity index (χ1) is 11.6. The van der Waals surface area contributed by atoms with Crippen LogP contribution >= 0.6 is 23.2 Å². The van der Waals surface area contributed by atoms with Gasteiger partial charge in [0, 0.05) is 15.7 Å². The molecule has 2 aromatic carbocycles. The third-order valence-electron chi connectivity index (χ3n) is 3.16. The highest BCUT2D eigenvalue weighted by atomic mass is 35.5. The van der Waals surface area contributed by atoms with Crippen molar-refractivity contribution in [2.45, 2.75) is 6.61 Å². The molecule has 3 rings (SSSR count). The van der Waals surface area contributed by atoms with Crippen LogP contribution in [0.15, 0.2) is 65.1 Å². The summed E-state index contributed by atoms with van der Waals surface area (Å²) in [5.74, 6) is 1.06. The first kappa shape index (κ1) is 16.4. The summed E-state index contributed by atoms with van der Waals surface area (Å²) in [6.45, 7) is 0.214. The third kappa shape index (κ3) is 4.31. The molecule has 1 aromatic heterocycles. The Kier molecular flexibility index (Phi) is 5.08. The van der Waals surface area contributed by atoms with Gasteiger partial charge in [-0.1, -0.05) is 29.3 Å². The topological polar surface area (TPSA) is 51.5 Å². The number of benzene rings is 2. The molecule has 0 spiro atoms. The lowest BCUT2D eigenvalue weighted by Crippen LogP contribution is -2.10. The number of carbonyl (C=O) groups is 1. The number of halogens is 2. The number of hydrogen-bond acceptors (Lipinski definition) is 3. The van der Waals surface area contributed by atoms with E-state index in [1.807, 2.05) is 0 Å². The zero-order valence-electron chi connectivity index (χ0n) is 12.5. The Morgan fingerprint density at radius 3 is 2.54 bits per heavy atom. The zero-order valence-corrected chi connectivity index (χ0v) is 14.0. The molecule has 4 nitrogen and oxygen atoms in total. The summed E-state index contributed by atoms with van der Waals surface area (Å²) in [5.41, 5.74) is 0.600. The SMILES string of the molecule is O=C(Nc1cccc(Cl)c1)c1ccc(COc2ccc(Cl)cc2)o1. The molecule has 0 bridgehead atoms. The minimum absolute atomic E-state index is 0.199. The van der Waals surface area contributed by atoms with Gasteiger partial charge in [0.25, 0.3) is 5.91 Å². The van der Waals surface area contributed by atoms with Crippen LogP contribution < -0.4 is 10.1 Å². The number of amides is 1. The van der Waals surface area contributed by atoms with Gasteiger partial charge in [-0.3, -0.25) is 4.79 Å². The maximum atomic E-state index is 12.1. The molecule has 0 fully saturated rings. The van der Waals surface area contributed by atoms with Crippen LogP contribution in [-0.2, 0) is 6.61 Å². The number of ether oxygens (including phenoxy) is 1. The molecule has 1 heterocycles. The van der Waals surface area contributed by atoms with Crippen LogP contribution in [0, 0.1) is 0 Å². The van der Waals surface area contributed by atoms with Crippen molar-refractivity contribution in [2.75, 3.05) is 5.32 Å². The van der Waals surface area contributed by atoms with Gasteiger partial charge in [0.05, 0.1) is 0 Å². The van der Waals surface area contributed by atoms with E-state index in [0.29, 0.717) is 27.2 Å². The molecule has 1 amide bonds. The first-order valence-electron chi connectivity index (χ1n) is 7.14. The molecule has 1 N–H and O–H groups in total. The highest BCUT2D eigenvalue weighted by Gasteiger charge is 2.12. The number of hydrogen-bond donors (Lipinski definition) is 1. The van der Waals surface area contributed by atoms with E-state index in [0.717, 1.165) is 0 Å². The molecule has 24 heavy (non-hydrogen) atoms. The van der Waals surface area contributed by atoms with E-state index >= 15 is 0 Å². The van der Waals surface area contributed by atoms with Crippen LogP contribution in [0.3, 0.4) is 0 Å². The van der Waals surface area contributed by atoms with Crippen molar-refractivity contribution in [3.63, 3.8) is 0 Å². The quantitative estimate of drug-likeness (QED) is 0.660. The standard InChI is InChI=1S/C18H13Cl2NO3/c19-12-4-6-15(7-5-12)23-11-16-8-9-17(24-16)18(22)21-14-3-1-2-13(20)10-14/h1-10H,11H2,(H,21,22). The average molecular weight is 362 g/mol. The maximum absolute atomic E-state index is 12.1. The van der Waals surface area contributed by atoms with Gasteiger partial charge in [0.2, 0.25) is 0 Å². The van der Waals surface area contributed by atoms with Gasteiger partial charge < -0.3 is 14.5 Å². The highest BCUT2D eigenvalue weighted by molar-refractivity contribution is 6.31. The summed E-state index contributed by atoms with van der Waals surface area (Å²) in [6, 6.07) is 17.2. The molecular formula is C18H13Cl2NO3. The van der Waals surface area contributed by atoms with Crippen LogP contribution in [-0.4, -0.2) is 5.91 Å². The summed E-state index contributed by atoms with van der Waals surface area (Å²) < 4.78 is 11.1. The Morgan fingerprint density at radius 2 is 1.79 bits per heavy atom. The molecule has 0 saturated carbocycles. The van der Waals surface area contributed by atoms with Crippen molar-refractivity contribution >= 4 is 34.8 Å². The predicted molar refractivity (Wildman–Crippen MR) is 93.9 cm³/mol. The Hall–Kier alpha value is -2.43. The van der Waals surface area contributed by atoms with E-state index < -0.39 is 0 Å². The summed E-state index contributed by atoms with van der Waals surface area (Å²) in [6.07, 6.45) is 0. The molecule has 0 aliphatic carbocycles. The van der Waals surface area contributed by atoms with Gasteiger partial charge in [-0.2, -0.15) is 0 Å². The van der Waals surface area contributed by atoms with Crippen molar-refractivity contribution in [1.29, 1.82) is 0 Å². The predicted octanol–water partition coefficient (Wildman–Crippen LogP) is 5.42. The fourth-order valence-electron chi connectivity index (χ4n) is 2.02. The maximum Gasteiger partial charge on any atom is 0.291 e. The van der Waals surface area contributed by atoms with Gasteiger partial charge in [-0.25, -0.2) is 0 Å². The molecule has 0 radical (unpaired) electrons. The Labute approximate surface area is 149 Å². The molecular weight excluding hydrogens is 349 g/mol. The van der Waals surface area contributed by atoms with Gasteiger partial charge in [0.15, 0.2) is 5.76 Å². The second-order valence-electron chi connectivity index (χ2n) is 4.97. The van der Waals surface area contributed by atoms with E-state index in [4.69, 9.17) is 32.4 Å². The molecule has 6 heteroatoms. The van der Waals surface area contributed by atoms with Gasteiger partial charge in [-0.05, 0) is 54.6 Å². The molecule has 122 valence electrons. The average Bonchev–Trinajstić information content (AvgIpc) is 3.03.